The first-order valence-electron chi connectivity index (χ1n) is 6.64. The maximum Gasteiger partial charge on any atom is 0.272 e. The molecule has 2 rings (SSSR count). The first kappa shape index (κ1) is 19.2. The molecule has 1 aliphatic rings. The predicted octanol–water partition coefficient (Wildman–Crippen LogP) is 2.21. The van der Waals surface area contributed by atoms with Crippen LogP contribution in [0, 0.1) is 0 Å². The minimum absolute atomic E-state index is 0. The molecule has 2 heterocycles. The van der Waals surface area contributed by atoms with Crippen molar-refractivity contribution in [2.45, 2.75) is 13.0 Å². The summed E-state index contributed by atoms with van der Waals surface area (Å²) in [5.74, 6) is 2.77. The van der Waals surface area contributed by atoms with Gasteiger partial charge in [-0.15, -0.1) is 24.0 Å². The highest BCUT2D eigenvalue weighted by Gasteiger charge is 2.12. The first-order valence-corrected chi connectivity index (χ1v) is 7.80. The van der Waals surface area contributed by atoms with Crippen molar-refractivity contribution in [2.24, 2.45) is 10.7 Å². The van der Waals surface area contributed by atoms with Crippen LogP contribution in [-0.2, 0) is 6.54 Å². The van der Waals surface area contributed by atoms with E-state index in [-0.39, 0.29) is 29.9 Å². The maximum atomic E-state index is 12.1. The van der Waals surface area contributed by atoms with E-state index in [0.29, 0.717) is 18.2 Å². The zero-order valence-electron chi connectivity index (χ0n) is 12.0. The number of pyridine rings is 1. The van der Waals surface area contributed by atoms with Gasteiger partial charge in [-0.2, -0.15) is 11.8 Å². The van der Waals surface area contributed by atoms with Crippen LogP contribution >= 0.6 is 35.7 Å². The van der Waals surface area contributed by atoms with Crippen molar-refractivity contribution in [3.63, 3.8) is 0 Å². The topological polar surface area (TPSA) is 63.7 Å². The van der Waals surface area contributed by atoms with E-state index in [9.17, 15) is 8.78 Å². The monoisotopic (exact) mass is 444 g/mol. The Bertz CT molecular complexity index is 487. The van der Waals surface area contributed by atoms with E-state index >= 15 is 0 Å². The second-order valence-corrected chi connectivity index (χ2v) is 5.67. The van der Waals surface area contributed by atoms with Crippen LogP contribution in [0.4, 0.5) is 8.78 Å². The molecule has 9 heteroatoms. The number of halogens is 3. The summed E-state index contributed by atoms with van der Waals surface area (Å²) >= 11 is 1.90. The molecule has 0 bridgehead atoms. The van der Waals surface area contributed by atoms with Crippen molar-refractivity contribution in [1.29, 1.82) is 0 Å². The first-order chi connectivity index (χ1) is 10.1. The quantitative estimate of drug-likeness (QED) is 0.429. The Morgan fingerprint density at radius 3 is 2.82 bits per heavy atom. The van der Waals surface area contributed by atoms with E-state index in [4.69, 9.17) is 10.5 Å². The number of nitrogens with zero attached hydrogens (tertiary/aromatic N) is 3. The Kier molecular flexibility index (Phi) is 8.76. The molecule has 22 heavy (non-hydrogen) atoms. The molecule has 0 atom stereocenters. The lowest BCUT2D eigenvalue weighted by Gasteiger charge is -2.27. The molecule has 0 spiro atoms. The number of alkyl halides is 2. The Hall–Kier alpha value is -0.840. The molecular formula is C13H19F2IN4OS. The Morgan fingerprint density at radius 2 is 2.14 bits per heavy atom. The summed E-state index contributed by atoms with van der Waals surface area (Å²) in [6.45, 7) is 1.44. The van der Waals surface area contributed by atoms with Gasteiger partial charge in [0, 0.05) is 30.7 Å². The second kappa shape index (κ2) is 10.0. The molecule has 5 nitrogen and oxygen atoms in total. The summed E-state index contributed by atoms with van der Waals surface area (Å²) in [5.41, 5.74) is 6.58. The number of aliphatic imine (C=N–C) groups is 1. The molecule has 1 saturated heterocycles. The van der Waals surface area contributed by atoms with E-state index in [2.05, 4.69) is 9.98 Å². The van der Waals surface area contributed by atoms with Crippen LogP contribution in [0.5, 0.6) is 5.88 Å². The highest BCUT2D eigenvalue weighted by molar-refractivity contribution is 14.0. The SMILES string of the molecule is I.NC(=NCc1cccc(OCC(F)F)n1)N1CCSCC1. The summed E-state index contributed by atoms with van der Waals surface area (Å²) in [6, 6.07) is 5.01. The lowest BCUT2D eigenvalue weighted by atomic mass is 10.3. The summed E-state index contributed by atoms with van der Waals surface area (Å²) in [5, 5.41) is 0. The minimum atomic E-state index is -2.51. The van der Waals surface area contributed by atoms with Gasteiger partial charge >= 0.3 is 0 Å². The molecule has 124 valence electrons. The molecule has 1 aromatic heterocycles. The zero-order valence-corrected chi connectivity index (χ0v) is 15.1. The molecule has 0 amide bonds. The second-order valence-electron chi connectivity index (χ2n) is 4.44. The fraction of sp³-hybridized carbons (Fsp3) is 0.538. The molecule has 0 aromatic carbocycles. The lowest BCUT2D eigenvalue weighted by molar-refractivity contribution is 0.0795. The number of aromatic nitrogens is 1. The number of rotatable bonds is 5. The van der Waals surface area contributed by atoms with Gasteiger partial charge in [0.05, 0.1) is 12.2 Å². The average Bonchev–Trinajstić information content (AvgIpc) is 2.52. The third kappa shape index (κ3) is 6.51. The normalized spacial score (nSPS) is 15.6. The minimum Gasteiger partial charge on any atom is -0.472 e. The van der Waals surface area contributed by atoms with Gasteiger partial charge in [0.2, 0.25) is 5.88 Å². The van der Waals surface area contributed by atoms with Gasteiger partial charge in [-0.05, 0) is 6.07 Å². The zero-order chi connectivity index (χ0) is 15.1. The third-order valence-electron chi connectivity index (χ3n) is 2.88. The van der Waals surface area contributed by atoms with Crippen LogP contribution in [0.3, 0.4) is 0 Å². The van der Waals surface area contributed by atoms with Crippen LogP contribution in [0.2, 0.25) is 0 Å². The molecule has 1 aliphatic heterocycles. The number of guanidine groups is 1. The fourth-order valence-electron chi connectivity index (χ4n) is 1.83. The molecule has 1 fully saturated rings. The Morgan fingerprint density at radius 1 is 1.41 bits per heavy atom. The fourth-order valence-corrected chi connectivity index (χ4v) is 2.73. The largest absolute Gasteiger partial charge is 0.472 e. The van der Waals surface area contributed by atoms with Crippen LogP contribution in [0.1, 0.15) is 5.69 Å². The highest BCUT2D eigenvalue weighted by atomic mass is 127. The number of nitrogens with two attached hydrogens (primary N) is 1. The molecule has 0 unspecified atom stereocenters. The van der Waals surface area contributed by atoms with Crippen molar-refractivity contribution < 1.29 is 13.5 Å². The standard InChI is InChI=1S/C13H18F2N4OS.HI/c14-11(15)9-20-12-3-1-2-10(18-12)8-17-13(16)19-4-6-21-7-5-19;/h1-3,11H,4-9H2,(H2,16,17);1H. The Balaban J connectivity index is 0.00000242. The summed E-state index contributed by atoms with van der Waals surface area (Å²) in [7, 11) is 0. The number of hydrogen-bond donors (Lipinski definition) is 1. The van der Waals surface area contributed by atoms with Crippen molar-refractivity contribution in [1.82, 2.24) is 9.88 Å². The maximum absolute atomic E-state index is 12.1. The molecule has 0 radical (unpaired) electrons. The summed E-state index contributed by atoms with van der Waals surface area (Å²) in [4.78, 5) is 10.5. The molecule has 0 aliphatic carbocycles. The van der Waals surface area contributed by atoms with E-state index in [1.165, 1.54) is 0 Å². The van der Waals surface area contributed by atoms with Gasteiger partial charge in [-0.3, -0.25) is 0 Å². The molecular weight excluding hydrogens is 425 g/mol. The van der Waals surface area contributed by atoms with E-state index in [0.717, 1.165) is 24.6 Å². The van der Waals surface area contributed by atoms with Crippen molar-refractivity contribution in [2.75, 3.05) is 31.2 Å². The average molecular weight is 444 g/mol. The van der Waals surface area contributed by atoms with Gasteiger partial charge in [-0.25, -0.2) is 18.8 Å². The van der Waals surface area contributed by atoms with E-state index in [1.54, 1.807) is 18.2 Å². The van der Waals surface area contributed by atoms with Gasteiger partial charge < -0.3 is 15.4 Å². The predicted molar refractivity (Wildman–Crippen MR) is 95.4 cm³/mol. The van der Waals surface area contributed by atoms with Crippen molar-refractivity contribution in [3.05, 3.63) is 23.9 Å². The highest BCUT2D eigenvalue weighted by Crippen LogP contribution is 2.11. The third-order valence-corrected chi connectivity index (χ3v) is 3.82. The van der Waals surface area contributed by atoms with Crippen LogP contribution in [0.15, 0.2) is 23.2 Å². The number of hydrogen-bond acceptors (Lipinski definition) is 4. The molecule has 1 aromatic rings. The molecule has 0 saturated carbocycles. The van der Waals surface area contributed by atoms with Crippen molar-refractivity contribution >= 4 is 41.7 Å². The van der Waals surface area contributed by atoms with Crippen LogP contribution in [0.25, 0.3) is 0 Å². The summed E-state index contributed by atoms with van der Waals surface area (Å²) < 4.78 is 29.0. The van der Waals surface area contributed by atoms with E-state index in [1.807, 2.05) is 16.7 Å². The smallest absolute Gasteiger partial charge is 0.272 e. The lowest BCUT2D eigenvalue weighted by Crippen LogP contribution is -2.42. The van der Waals surface area contributed by atoms with Crippen molar-refractivity contribution in [3.8, 4) is 5.88 Å². The van der Waals surface area contributed by atoms with Crippen LogP contribution < -0.4 is 10.5 Å². The van der Waals surface area contributed by atoms with Gasteiger partial charge in [0.1, 0.15) is 0 Å². The van der Waals surface area contributed by atoms with Crippen LogP contribution in [-0.4, -0.2) is 53.5 Å². The van der Waals surface area contributed by atoms with Gasteiger partial charge in [-0.1, -0.05) is 6.07 Å². The number of ether oxygens (including phenoxy) is 1. The molecule has 2 N–H and O–H groups in total. The van der Waals surface area contributed by atoms with E-state index < -0.39 is 13.0 Å². The Labute approximate surface area is 149 Å². The van der Waals surface area contributed by atoms with Gasteiger partial charge in [0.25, 0.3) is 6.43 Å². The summed E-state index contributed by atoms with van der Waals surface area (Å²) in [6.07, 6.45) is -2.51. The number of thioether (sulfide) groups is 1. The van der Waals surface area contributed by atoms with Gasteiger partial charge in [0.15, 0.2) is 12.6 Å².